The van der Waals surface area contributed by atoms with Gasteiger partial charge in [0.05, 0.1) is 11.9 Å². The third-order valence-corrected chi connectivity index (χ3v) is 4.48. The lowest BCUT2D eigenvalue weighted by Gasteiger charge is -2.40. The van der Waals surface area contributed by atoms with E-state index in [4.69, 9.17) is 0 Å². The summed E-state index contributed by atoms with van der Waals surface area (Å²) in [4.78, 5) is 20.6. The number of aromatic nitrogens is 1. The summed E-state index contributed by atoms with van der Waals surface area (Å²) < 4.78 is 0. The molecule has 2 heterocycles. The summed E-state index contributed by atoms with van der Waals surface area (Å²) in [5.41, 5.74) is 1.03. The number of hydrogen-bond donors (Lipinski definition) is 1. The minimum Gasteiger partial charge on any atom is -0.380 e. The lowest BCUT2D eigenvalue weighted by atomic mass is 9.91. The van der Waals surface area contributed by atoms with Crippen molar-refractivity contribution in [3.63, 3.8) is 0 Å². The molecule has 21 heavy (non-hydrogen) atoms. The summed E-state index contributed by atoms with van der Waals surface area (Å²) in [6, 6.07) is 2.00. The van der Waals surface area contributed by atoms with Gasteiger partial charge in [0.15, 0.2) is 0 Å². The summed E-state index contributed by atoms with van der Waals surface area (Å²) in [5, 5.41) is 10.3. The molecule has 1 aromatic heterocycles. The maximum Gasteiger partial charge on any atom is 0.254 e. The van der Waals surface area contributed by atoms with Gasteiger partial charge >= 0.3 is 0 Å². The van der Waals surface area contributed by atoms with Gasteiger partial charge in [-0.2, -0.15) is 0 Å². The molecule has 1 unspecified atom stereocenters. The Morgan fingerprint density at radius 1 is 1.33 bits per heavy atom. The Labute approximate surface area is 126 Å². The summed E-state index contributed by atoms with van der Waals surface area (Å²) in [5.74, 6) is -0.261. The molecule has 1 fully saturated rings. The standard InChI is InChI=1S/C16H25N3O2/c1-12(2)16(4,21)15(20)19-9-7-18(8-10-19)14-11-17-6-5-13(14)3/h5-6,11-12,21H,7-10H2,1-4H3. The molecule has 0 aromatic carbocycles. The van der Waals surface area contributed by atoms with Crippen LogP contribution >= 0.6 is 0 Å². The Kier molecular flexibility index (Phi) is 4.52. The highest BCUT2D eigenvalue weighted by molar-refractivity contribution is 5.85. The van der Waals surface area contributed by atoms with Gasteiger partial charge in [0, 0.05) is 32.4 Å². The molecule has 1 aliphatic rings. The summed E-state index contributed by atoms with van der Waals surface area (Å²) in [6.45, 7) is 10.2. The van der Waals surface area contributed by atoms with E-state index in [0.29, 0.717) is 13.1 Å². The second-order valence-corrected chi connectivity index (χ2v) is 6.24. The van der Waals surface area contributed by atoms with Gasteiger partial charge in [-0.15, -0.1) is 0 Å². The number of hydrogen-bond acceptors (Lipinski definition) is 4. The minimum atomic E-state index is -1.29. The van der Waals surface area contributed by atoms with E-state index in [-0.39, 0.29) is 11.8 Å². The molecular formula is C16H25N3O2. The number of aryl methyl sites for hydroxylation is 1. The van der Waals surface area contributed by atoms with Gasteiger partial charge in [-0.3, -0.25) is 9.78 Å². The highest BCUT2D eigenvalue weighted by atomic mass is 16.3. The highest BCUT2D eigenvalue weighted by Gasteiger charge is 2.38. The summed E-state index contributed by atoms with van der Waals surface area (Å²) in [7, 11) is 0. The second-order valence-electron chi connectivity index (χ2n) is 6.24. The molecule has 1 N–H and O–H groups in total. The molecule has 1 amide bonds. The van der Waals surface area contributed by atoms with Crippen LogP contribution in [0.5, 0.6) is 0 Å². The van der Waals surface area contributed by atoms with Crippen LogP contribution in [0, 0.1) is 12.8 Å². The number of nitrogens with zero attached hydrogens (tertiary/aromatic N) is 3. The zero-order valence-corrected chi connectivity index (χ0v) is 13.3. The van der Waals surface area contributed by atoms with Crippen LogP contribution < -0.4 is 4.90 Å². The van der Waals surface area contributed by atoms with Gasteiger partial charge in [-0.25, -0.2) is 0 Å². The van der Waals surface area contributed by atoms with E-state index >= 15 is 0 Å². The summed E-state index contributed by atoms with van der Waals surface area (Å²) in [6.07, 6.45) is 3.66. The number of rotatable bonds is 3. The molecule has 5 heteroatoms. The van der Waals surface area contributed by atoms with E-state index in [2.05, 4.69) is 16.8 Å². The molecule has 1 aliphatic heterocycles. The molecule has 116 valence electrons. The smallest absolute Gasteiger partial charge is 0.254 e. The molecule has 0 radical (unpaired) electrons. The van der Waals surface area contributed by atoms with Crippen molar-refractivity contribution in [2.45, 2.75) is 33.3 Å². The van der Waals surface area contributed by atoms with E-state index in [9.17, 15) is 9.90 Å². The normalized spacial score (nSPS) is 18.8. The first-order chi connectivity index (χ1) is 9.84. The molecule has 0 spiro atoms. The number of anilines is 1. The number of carbonyl (C=O) groups excluding carboxylic acids is 1. The lowest BCUT2D eigenvalue weighted by molar-refractivity contribution is -0.154. The number of aliphatic hydroxyl groups is 1. The van der Waals surface area contributed by atoms with Crippen LogP contribution in [0.3, 0.4) is 0 Å². The molecule has 5 nitrogen and oxygen atoms in total. The van der Waals surface area contributed by atoms with Gasteiger partial charge < -0.3 is 14.9 Å². The zero-order valence-electron chi connectivity index (χ0n) is 13.3. The minimum absolute atomic E-state index is 0.0939. The average Bonchev–Trinajstić information content (AvgIpc) is 2.47. The van der Waals surface area contributed by atoms with Gasteiger partial charge in [0.25, 0.3) is 5.91 Å². The van der Waals surface area contributed by atoms with E-state index in [1.165, 1.54) is 5.56 Å². The van der Waals surface area contributed by atoms with Crippen LogP contribution in [0.15, 0.2) is 18.5 Å². The van der Waals surface area contributed by atoms with Crippen LogP contribution in [-0.4, -0.2) is 52.7 Å². The van der Waals surface area contributed by atoms with Gasteiger partial charge in [-0.05, 0) is 31.4 Å². The number of amides is 1. The fraction of sp³-hybridized carbons (Fsp3) is 0.625. The van der Waals surface area contributed by atoms with E-state index in [1.807, 2.05) is 26.1 Å². The van der Waals surface area contributed by atoms with Crippen LogP contribution in [0.4, 0.5) is 5.69 Å². The molecule has 0 bridgehead atoms. The van der Waals surface area contributed by atoms with Crippen molar-refractivity contribution in [2.75, 3.05) is 31.1 Å². The second kappa shape index (κ2) is 6.02. The summed E-state index contributed by atoms with van der Waals surface area (Å²) >= 11 is 0. The molecule has 1 atom stereocenters. The molecule has 2 rings (SSSR count). The average molecular weight is 291 g/mol. The van der Waals surface area contributed by atoms with Crippen molar-refractivity contribution in [1.82, 2.24) is 9.88 Å². The van der Waals surface area contributed by atoms with Gasteiger partial charge in [0.2, 0.25) is 0 Å². The van der Waals surface area contributed by atoms with Crippen molar-refractivity contribution in [3.05, 3.63) is 24.0 Å². The third-order valence-electron chi connectivity index (χ3n) is 4.48. The van der Waals surface area contributed by atoms with E-state index in [1.54, 1.807) is 18.0 Å². The number of carbonyl (C=O) groups is 1. The monoisotopic (exact) mass is 291 g/mol. The maximum absolute atomic E-state index is 12.4. The van der Waals surface area contributed by atoms with Crippen molar-refractivity contribution in [3.8, 4) is 0 Å². The largest absolute Gasteiger partial charge is 0.380 e. The van der Waals surface area contributed by atoms with Crippen molar-refractivity contribution in [1.29, 1.82) is 0 Å². The van der Waals surface area contributed by atoms with Crippen molar-refractivity contribution >= 4 is 11.6 Å². The van der Waals surface area contributed by atoms with Gasteiger partial charge in [-0.1, -0.05) is 13.8 Å². The molecule has 1 aromatic rings. The highest BCUT2D eigenvalue weighted by Crippen LogP contribution is 2.23. The first-order valence-corrected chi connectivity index (χ1v) is 7.51. The molecule has 0 aliphatic carbocycles. The predicted octanol–water partition coefficient (Wildman–Crippen LogP) is 1.45. The lowest BCUT2D eigenvalue weighted by Crippen LogP contribution is -2.56. The van der Waals surface area contributed by atoms with E-state index < -0.39 is 5.60 Å². The Hall–Kier alpha value is -1.62. The van der Waals surface area contributed by atoms with Crippen LogP contribution in [-0.2, 0) is 4.79 Å². The Morgan fingerprint density at radius 3 is 2.48 bits per heavy atom. The SMILES string of the molecule is Cc1ccncc1N1CCN(C(=O)C(C)(O)C(C)C)CC1. The topological polar surface area (TPSA) is 56.7 Å². The van der Waals surface area contributed by atoms with Crippen LogP contribution in [0.25, 0.3) is 0 Å². The zero-order chi connectivity index (χ0) is 15.6. The maximum atomic E-state index is 12.4. The number of piperazine rings is 1. The van der Waals surface area contributed by atoms with Gasteiger partial charge in [0.1, 0.15) is 5.60 Å². The number of pyridine rings is 1. The van der Waals surface area contributed by atoms with Crippen molar-refractivity contribution < 1.29 is 9.90 Å². The predicted molar refractivity (Wildman–Crippen MR) is 83.2 cm³/mol. The molecular weight excluding hydrogens is 266 g/mol. The van der Waals surface area contributed by atoms with E-state index in [0.717, 1.165) is 18.8 Å². The van der Waals surface area contributed by atoms with Crippen molar-refractivity contribution in [2.24, 2.45) is 5.92 Å². The quantitative estimate of drug-likeness (QED) is 0.915. The van der Waals surface area contributed by atoms with Crippen LogP contribution in [0.2, 0.25) is 0 Å². The third kappa shape index (κ3) is 3.18. The first-order valence-electron chi connectivity index (χ1n) is 7.51. The Balaban J connectivity index is 2.01. The Morgan fingerprint density at radius 2 is 1.95 bits per heavy atom. The Bertz CT molecular complexity index is 506. The molecule has 0 saturated carbocycles. The first kappa shape index (κ1) is 15.8. The van der Waals surface area contributed by atoms with Crippen LogP contribution in [0.1, 0.15) is 26.3 Å². The fourth-order valence-electron chi connectivity index (χ4n) is 2.50. The molecule has 1 saturated heterocycles. The fourth-order valence-corrected chi connectivity index (χ4v) is 2.50.